The molecule has 6 nitrogen and oxygen atoms in total. The average Bonchev–Trinajstić information content (AvgIpc) is 2.41. The molecule has 1 heterocycles. The number of hydrogen-bond acceptors (Lipinski definition) is 4. The Morgan fingerprint density at radius 2 is 1.74 bits per heavy atom. The number of aromatic carboxylic acids is 1. The number of aromatic nitrogens is 2. The van der Waals surface area contributed by atoms with Crippen molar-refractivity contribution < 1.29 is 14.7 Å². The molecule has 1 aromatic heterocycles. The van der Waals surface area contributed by atoms with Crippen LogP contribution in [0.4, 0.5) is 5.82 Å². The maximum absolute atomic E-state index is 11.9. The fourth-order valence-corrected chi connectivity index (χ4v) is 1.53. The molecule has 0 fully saturated rings. The van der Waals surface area contributed by atoms with Gasteiger partial charge in [-0.2, -0.15) is 0 Å². The van der Waals surface area contributed by atoms with Crippen molar-refractivity contribution >= 4 is 29.3 Å². The molecule has 96 valence electrons. The van der Waals surface area contributed by atoms with Crippen LogP contribution in [0.3, 0.4) is 0 Å². The van der Waals surface area contributed by atoms with E-state index in [1.165, 1.54) is 24.3 Å². The molecule has 0 saturated heterocycles. The van der Waals surface area contributed by atoms with E-state index in [0.29, 0.717) is 0 Å². The summed E-state index contributed by atoms with van der Waals surface area (Å²) < 4.78 is 0. The number of hydrogen-bond donors (Lipinski definition) is 2. The second-order valence-electron chi connectivity index (χ2n) is 3.55. The van der Waals surface area contributed by atoms with Gasteiger partial charge in [-0.3, -0.25) is 4.79 Å². The van der Waals surface area contributed by atoms with Gasteiger partial charge in [0.1, 0.15) is 0 Å². The van der Waals surface area contributed by atoms with Crippen molar-refractivity contribution in [2.24, 2.45) is 0 Å². The molecule has 2 N–H and O–H groups in total. The maximum atomic E-state index is 11.9. The summed E-state index contributed by atoms with van der Waals surface area (Å²) in [4.78, 5) is 22.9. The maximum Gasteiger partial charge on any atom is 0.336 e. The number of nitrogens with zero attached hydrogens (tertiary/aromatic N) is 2. The van der Waals surface area contributed by atoms with Crippen molar-refractivity contribution in [2.75, 3.05) is 5.32 Å². The molecule has 2 rings (SSSR count). The van der Waals surface area contributed by atoms with E-state index in [2.05, 4.69) is 15.5 Å². The summed E-state index contributed by atoms with van der Waals surface area (Å²) in [5, 5.41) is 18.9. The van der Waals surface area contributed by atoms with Crippen molar-refractivity contribution in [3.05, 3.63) is 52.7 Å². The Hall–Kier alpha value is -2.47. The van der Waals surface area contributed by atoms with Crippen LogP contribution in [0, 0.1) is 0 Å². The lowest BCUT2D eigenvalue weighted by Crippen LogP contribution is -2.17. The molecule has 7 heteroatoms. The fourth-order valence-electron chi connectivity index (χ4n) is 1.43. The number of carboxylic acids is 1. The molecule has 0 spiro atoms. The van der Waals surface area contributed by atoms with Gasteiger partial charge in [-0.1, -0.05) is 23.7 Å². The van der Waals surface area contributed by atoms with Crippen LogP contribution in [0.5, 0.6) is 0 Å². The van der Waals surface area contributed by atoms with Gasteiger partial charge in [-0.15, -0.1) is 10.2 Å². The number of carboxylic acid groups (broad SMARTS) is 1. The topological polar surface area (TPSA) is 92.2 Å². The minimum atomic E-state index is -1.17. The predicted octanol–water partition coefficient (Wildman–Crippen LogP) is 2.08. The van der Waals surface area contributed by atoms with E-state index in [1.54, 1.807) is 12.1 Å². The summed E-state index contributed by atoms with van der Waals surface area (Å²) in [7, 11) is 0. The number of anilines is 1. The summed E-state index contributed by atoms with van der Waals surface area (Å²) in [6, 6.07) is 8.83. The molecular formula is C12H8ClN3O3. The Morgan fingerprint density at radius 3 is 2.32 bits per heavy atom. The first kappa shape index (κ1) is 13.0. The smallest absolute Gasteiger partial charge is 0.336 e. The molecule has 0 saturated carbocycles. The number of benzene rings is 1. The van der Waals surface area contributed by atoms with Crippen LogP contribution in [-0.2, 0) is 0 Å². The zero-order valence-corrected chi connectivity index (χ0v) is 10.3. The normalized spacial score (nSPS) is 9.95. The number of rotatable bonds is 3. The Labute approximate surface area is 113 Å². The molecule has 0 unspecified atom stereocenters. The van der Waals surface area contributed by atoms with Gasteiger partial charge in [0, 0.05) is 0 Å². The number of nitrogens with one attached hydrogen (secondary N) is 1. The minimum absolute atomic E-state index is 0.0479. The lowest BCUT2D eigenvalue weighted by atomic mass is 10.1. The SMILES string of the molecule is O=C(O)c1ccccc1C(=O)Nc1ccc(Cl)nn1. The molecule has 2 aromatic rings. The number of carbonyl (C=O) groups is 2. The van der Waals surface area contributed by atoms with Gasteiger partial charge in [0.05, 0.1) is 11.1 Å². The molecule has 19 heavy (non-hydrogen) atoms. The van der Waals surface area contributed by atoms with Gasteiger partial charge in [0.15, 0.2) is 11.0 Å². The monoisotopic (exact) mass is 277 g/mol. The summed E-state index contributed by atoms with van der Waals surface area (Å²) >= 11 is 5.57. The highest BCUT2D eigenvalue weighted by molar-refractivity contribution is 6.29. The van der Waals surface area contributed by atoms with Gasteiger partial charge in [0.25, 0.3) is 5.91 Å². The summed E-state index contributed by atoms with van der Waals surface area (Å²) in [6.45, 7) is 0. The van der Waals surface area contributed by atoms with Crippen molar-refractivity contribution in [2.45, 2.75) is 0 Å². The second kappa shape index (κ2) is 5.45. The molecule has 0 aliphatic carbocycles. The van der Waals surface area contributed by atoms with E-state index in [1.807, 2.05) is 0 Å². The predicted molar refractivity (Wildman–Crippen MR) is 68.4 cm³/mol. The lowest BCUT2D eigenvalue weighted by Gasteiger charge is -2.06. The molecule has 0 bridgehead atoms. The van der Waals surface area contributed by atoms with Crippen LogP contribution in [0.1, 0.15) is 20.7 Å². The van der Waals surface area contributed by atoms with Gasteiger partial charge in [-0.05, 0) is 24.3 Å². The van der Waals surface area contributed by atoms with E-state index < -0.39 is 11.9 Å². The minimum Gasteiger partial charge on any atom is -0.478 e. The van der Waals surface area contributed by atoms with Crippen LogP contribution < -0.4 is 5.32 Å². The summed E-state index contributed by atoms with van der Waals surface area (Å²) in [5.74, 6) is -1.56. The third-order valence-electron chi connectivity index (χ3n) is 2.28. The molecule has 0 atom stereocenters. The number of amides is 1. The lowest BCUT2D eigenvalue weighted by molar-refractivity contribution is 0.0692. The Morgan fingerprint density at radius 1 is 1.05 bits per heavy atom. The third-order valence-corrected chi connectivity index (χ3v) is 2.48. The van der Waals surface area contributed by atoms with Crippen LogP contribution >= 0.6 is 11.6 Å². The average molecular weight is 278 g/mol. The van der Waals surface area contributed by atoms with E-state index in [0.717, 1.165) is 0 Å². The van der Waals surface area contributed by atoms with Crippen molar-refractivity contribution in [3.63, 3.8) is 0 Å². The standard InChI is InChI=1S/C12H8ClN3O3/c13-9-5-6-10(16-15-9)14-11(17)7-3-1-2-4-8(7)12(18)19/h1-6H,(H,18,19)(H,14,16,17). The first-order valence-electron chi connectivity index (χ1n) is 5.21. The highest BCUT2D eigenvalue weighted by Gasteiger charge is 2.16. The highest BCUT2D eigenvalue weighted by atomic mass is 35.5. The van der Waals surface area contributed by atoms with E-state index in [-0.39, 0.29) is 22.1 Å². The first-order chi connectivity index (χ1) is 9.08. The largest absolute Gasteiger partial charge is 0.478 e. The zero-order valence-electron chi connectivity index (χ0n) is 9.50. The highest BCUT2D eigenvalue weighted by Crippen LogP contribution is 2.12. The first-order valence-corrected chi connectivity index (χ1v) is 5.58. The van der Waals surface area contributed by atoms with Crippen LogP contribution in [0.25, 0.3) is 0 Å². The summed E-state index contributed by atoms with van der Waals surface area (Å²) in [5.41, 5.74) is -0.0336. The molecule has 0 radical (unpaired) electrons. The second-order valence-corrected chi connectivity index (χ2v) is 3.93. The Bertz CT molecular complexity index is 628. The van der Waals surface area contributed by atoms with Crippen LogP contribution in [-0.4, -0.2) is 27.2 Å². The molecule has 1 aromatic carbocycles. The number of carbonyl (C=O) groups excluding carboxylic acids is 1. The molecule has 0 aliphatic heterocycles. The van der Waals surface area contributed by atoms with Crippen molar-refractivity contribution in [1.82, 2.24) is 10.2 Å². The van der Waals surface area contributed by atoms with Crippen molar-refractivity contribution in [3.8, 4) is 0 Å². The van der Waals surface area contributed by atoms with E-state index in [4.69, 9.17) is 16.7 Å². The quantitative estimate of drug-likeness (QED) is 0.896. The molecule has 0 aliphatic rings. The Balaban J connectivity index is 2.25. The molecular weight excluding hydrogens is 270 g/mol. The summed E-state index contributed by atoms with van der Waals surface area (Å²) in [6.07, 6.45) is 0. The number of halogens is 1. The van der Waals surface area contributed by atoms with Crippen LogP contribution in [0.15, 0.2) is 36.4 Å². The third kappa shape index (κ3) is 3.05. The zero-order chi connectivity index (χ0) is 13.8. The Kier molecular flexibility index (Phi) is 3.72. The van der Waals surface area contributed by atoms with E-state index in [9.17, 15) is 9.59 Å². The van der Waals surface area contributed by atoms with Crippen LogP contribution in [0.2, 0.25) is 5.15 Å². The van der Waals surface area contributed by atoms with Gasteiger partial charge >= 0.3 is 5.97 Å². The fraction of sp³-hybridized carbons (Fsp3) is 0. The van der Waals surface area contributed by atoms with Crippen molar-refractivity contribution in [1.29, 1.82) is 0 Å². The van der Waals surface area contributed by atoms with E-state index >= 15 is 0 Å². The van der Waals surface area contributed by atoms with Gasteiger partial charge < -0.3 is 10.4 Å². The van der Waals surface area contributed by atoms with Gasteiger partial charge in [0.2, 0.25) is 0 Å². The molecule has 1 amide bonds. The van der Waals surface area contributed by atoms with Gasteiger partial charge in [-0.25, -0.2) is 4.79 Å².